The van der Waals surface area contributed by atoms with Gasteiger partial charge in [-0.3, -0.25) is 14.5 Å². The van der Waals surface area contributed by atoms with E-state index in [0.717, 1.165) is 32.2 Å². The summed E-state index contributed by atoms with van der Waals surface area (Å²) in [6, 6.07) is 6.41. The van der Waals surface area contributed by atoms with Gasteiger partial charge in [0.25, 0.3) is 5.91 Å². The van der Waals surface area contributed by atoms with Crippen LogP contribution in [0.1, 0.15) is 56.8 Å². The van der Waals surface area contributed by atoms with Gasteiger partial charge in [0.1, 0.15) is 0 Å². The third-order valence-corrected chi connectivity index (χ3v) is 8.79. The molecule has 2 heterocycles. The number of rotatable bonds is 7. The lowest BCUT2D eigenvalue weighted by Crippen LogP contribution is -2.42. The fourth-order valence-electron chi connectivity index (χ4n) is 4.74. The number of amides is 2. The highest BCUT2D eigenvalue weighted by Gasteiger charge is 2.31. The van der Waals surface area contributed by atoms with Crippen molar-refractivity contribution in [2.24, 2.45) is 0 Å². The zero-order valence-corrected chi connectivity index (χ0v) is 21.0. The van der Waals surface area contributed by atoms with Crippen molar-refractivity contribution in [3.63, 3.8) is 0 Å². The second-order valence-corrected chi connectivity index (χ2v) is 10.9. The highest BCUT2D eigenvalue weighted by molar-refractivity contribution is 7.89. The summed E-state index contributed by atoms with van der Waals surface area (Å²) in [6.45, 7) is 10.7. The summed E-state index contributed by atoms with van der Waals surface area (Å²) in [7, 11) is -3.63. The molecule has 1 aromatic rings. The number of nitrogens with zero attached hydrogens (tertiary/aromatic N) is 4. The summed E-state index contributed by atoms with van der Waals surface area (Å²) in [5, 5.41) is 0. The summed E-state index contributed by atoms with van der Waals surface area (Å²) >= 11 is 0. The van der Waals surface area contributed by atoms with E-state index in [1.807, 2.05) is 25.7 Å². The van der Waals surface area contributed by atoms with E-state index >= 15 is 0 Å². The van der Waals surface area contributed by atoms with E-state index in [4.69, 9.17) is 0 Å². The van der Waals surface area contributed by atoms with Crippen molar-refractivity contribution in [1.29, 1.82) is 0 Å². The molecule has 2 saturated heterocycles. The number of piperidine rings is 1. The van der Waals surface area contributed by atoms with Gasteiger partial charge in [-0.25, -0.2) is 8.42 Å². The van der Waals surface area contributed by atoms with Crippen LogP contribution in [-0.4, -0.2) is 97.6 Å². The number of carbonyl (C=O) groups is 2. The Bertz CT molecular complexity index is 932. The van der Waals surface area contributed by atoms with Crippen molar-refractivity contribution >= 4 is 21.8 Å². The molecular weight excluding hydrogens is 440 g/mol. The Labute approximate surface area is 198 Å². The quantitative estimate of drug-likeness (QED) is 0.601. The molecule has 8 nitrogen and oxygen atoms in total. The zero-order chi connectivity index (χ0) is 24.0. The number of hydrogen-bond donors (Lipinski definition) is 0. The molecule has 9 heteroatoms. The summed E-state index contributed by atoms with van der Waals surface area (Å²) in [4.78, 5) is 31.6. The third-order valence-electron chi connectivity index (χ3n) is 6.78. The zero-order valence-electron chi connectivity index (χ0n) is 20.2. The van der Waals surface area contributed by atoms with Gasteiger partial charge in [0, 0.05) is 57.4 Å². The fraction of sp³-hybridized carbons (Fsp3) is 0.667. The SMILES string of the molecule is CCN(CC)C(=O)CN1CCCN(C(=O)c2cccc(S(=O)(=O)N3CCCCC3C)c2)CC1. The Balaban J connectivity index is 1.67. The van der Waals surface area contributed by atoms with E-state index in [9.17, 15) is 18.0 Å². The average Bonchev–Trinajstić information content (AvgIpc) is 3.05. The van der Waals surface area contributed by atoms with Gasteiger partial charge in [-0.15, -0.1) is 0 Å². The van der Waals surface area contributed by atoms with Crippen molar-refractivity contribution in [2.45, 2.75) is 57.4 Å². The summed E-state index contributed by atoms with van der Waals surface area (Å²) in [5.74, 6) is -0.0414. The molecule has 0 bridgehead atoms. The van der Waals surface area contributed by atoms with Crippen LogP contribution in [0.2, 0.25) is 0 Å². The maximum absolute atomic E-state index is 13.2. The predicted octanol–water partition coefficient (Wildman–Crippen LogP) is 2.27. The van der Waals surface area contributed by atoms with Gasteiger partial charge in [0.05, 0.1) is 11.4 Å². The van der Waals surface area contributed by atoms with Crippen LogP contribution in [-0.2, 0) is 14.8 Å². The van der Waals surface area contributed by atoms with Crippen LogP contribution >= 0.6 is 0 Å². The first-order valence-electron chi connectivity index (χ1n) is 12.2. The Hall–Kier alpha value is -1.97. The fourth-order valence-corrected chi connectivity index (χ4v) is 6.48. The minimum absolute atomic E-state index is 0.0289. The molecule has 0 radical (unpaired) electrons. The summed E-state index contributed by atoms with van der Waals surface area (Å²) in [6.07, 6.45) is 3.54. The lowest BCUT2D eigenvalue weighted by Gasteiger charge is -2.32. The molecule has 0 saturated carbocycles. The molecule has 1 atom stereocenters. The summed E-state index contributed by atoms with van der Waals surface area (Å²) in [5.41, 5.74) is 0.397. The molecule has 33 heavy (non-hydrogen) atoms. The Morgan fingerprint density at radius 2 is 1.76 bits per heavy atom. The minimum atomic E-state index is -3.63. The Morgan fingerprint density at radius 3 is 2.45 bits per heavy atom. The first-order chi connectivity index (χ1) is 15.8. The second-order valence-electron chi connectivity index (χ2n) is 8.98. The van der Waals surface area contributed by atoms with Gasteiger partial charge >= 0.3 is 0 Å². The molecule has 0 aromatic heterocycles. The van der Waals surface area contributed by atoms with Gasteiger partial charge in [-0.2, -0.15) is 4.31 Å². The highest BCUT2D eigenvalue weighted by Crippen LogP contribution is 2.26. The molecular formula is C24H38N4O4S. The van der Waals surface area contributed by atoms with Crippen molar-refractivity contribution in [3.05, 3.63) is 29.8 Å². The van der Waals surface area contributed by atoms with Crippen molar-refractivity contribution in [1.82, 2.24) is 19.0 Å². The molecule has 1 aromatic carbocycles. The maximum atomic E-state index is 13.2. The van der Waals surface area contributed by atoms with Crippen molar-refractivity contribution in [3.8, 4) is 0 Å². The smallest absolute Gasteiger partial charge is 0.253 e. The van der Waals surface area contributed by atoms with Gasteiger partial charge < -0.3 is 9.80 Å². The van der Waals surface area contributed by atoms with E-state index in [1.165, 1.54) is 6.07 Å². The van der Waals surface area contributed by atoms with Gasteiger partial charge in [0.2, 0.25) is 15.9 Å². The van der Waals surface area contributed by atoms with Crippen LogP contribution in [0.15, 0.2) is 29.2 Å². The number of sulfonamides is 1. The highest BCUT2D eigenvalue weighted by atomic mass is 32.2. The van der Waals surface area contributed by atoms with E-state index in [0.29, 0.717) is 51.4 Å². The molecule has 184 valence electrons. The Kier molecular flexibility index (Phi) is 8.89. The maximum Gasteiger partial charge on any atom is 0.253 e. The van der Waals surface area contributed by atoms with E-state index in [-0.39, 0.29) is 22.8 Å². The van der Waals surface area contributed by atoms with Crippen LogP contribution in [0.3, 0.4) is 0 Å². The van der Waals surface area contributed by atoms with Crippen LogP contribution in [0.25, 0.3) is 0 Å². The number of likely N-dealkylation sites (N-methyl/N-ethyl adjacent to an activating group) is 1. The topological polar surface area (TPSA) is 81.2 Å². The second kappa shape index (κ2) is 11.4. The molecule has 0 aliphatic carbocycles. The molecule has 1 unspecified atom stereocenters. The first kappa shape index (κ1) is 25.6. The lowest BCUT2D eigenvalue weighted by atomic mass is 10.1. The molecule has 2 aliphatic heterocycles. The van der Waals surface area contributed by atoms with E-state index < -0.39 is 10.0 Å². The molecule has 2 fully saturated rings. The molecule has 0 N–H and O–H groups in total. The molecule has 2 amide bonds. The first-order valence-corrected chi connectivity index (χ1v) is 13.6. The standard InChI is InChI=1S/C24H38N4O4S/c1-4-26(5-2)23(29)19-25-13-9-14-27(17-16-25)24(30)21-11-8-12-22(18-21)33(31,32)28-15-7-6-10-20(28)3/h8,11-12,18,20H,4-7,9-10,13-17,19H2,1-3H3. The third kappa shape index (κ3) is 6.13. The van der Waals surface area contributed by atoms with Crippen LogP contribution < -0.4 is 0 Å². The van der Waals surface area contributed by atoms with Crippen molar-refractivity contribution < 1.29 is 18.0 Å². The minimum Gasteiger partial charge on any atom is -0.342 e. The normalized spacial score (nSPS) is 20.9. The largest absolute Gasteiger partial charge is 0.342 e. The molecule has 2 aliphatic rings. The van der Waals surface area contributed by atoms with E-state index in [1.54, 1.807) is 27.4 Å². The van der Waals surface area contributed by atoms with Gasteiger partial charge in [-0.05, 0) is 58.2 Å². The number of benzene rings is 1. The lowest BCUT2D eigenvalue weighted by molar-refractivity contribution is -0.132. The van der Waals surface area contributed by atoms with Crippen molar-refractivity contribution in [2.75, 3.05) is 52.4 Å². The monoisotopic (exact) mass is 478 g/mol. The summed E-state index contributed by atoms with van der Waals surface area (Å²) < 4.78 is 28.0. The van der Waals surface area contributed by atoms with Gasteiger partial charge in [0.15, 0.2) is 0 Å². The predicted molar refractivity (Wildman–Crippen MR) is 129 cm³/mol. The Morgan fingerprint density at radius 1 is 1.00 bits per heavy atom. The van der Waals surface area contributed by atoms with Crippen LogP contribution in [0.4, 0.5) is 0 Å². The number of carbonyl (C=O) groups excluding carboxylic acids is 2. The average molecular weight is 479 g/mol. The molecule has 3 rings (SSSR count). The van der Waals surface area contributed by atoms with Crippen LogP contribution in [0.5, 0.6) is 0 Å². The number of hydrogen-bond acceptors (Lipinski definition) is 5. The van der Waals surface area contributed by atoms with Gasteiger partial charge in [-0.1, -0.05) is 12.5 Å². The van der Waals surface area contributed by atoms with Crippen LogP contribution in [0, 0.1) is 0 Å². The van der Waals surface area contributed by atoms with E-state index in [2.05, 4.69) is 4.90 Å². The molecule has 0 spiro atoms.